The van der Waals surface area contributed by atoms with E-state index >= 15 is 0 Å². The normalized spacial score (nSPS) is 15.2. The molecule has 0 atom stereocenters. The highest BCUT2D eigenvalue weighted by Gasteiger charge is 2.20. The van der Waals surface area contributed by atoms with Crippen LogP contribution < -0.4 is 16.0 Å². The molecule has 1 heterocycles. The molecule has 1 aliphatic heterocycles. The van der Waals surface area contributed by atoms with Crippen molar-refractivity contribution in [2.45, 2.75) is 0 Å². The van der Waals surface area contributed by atoms with Gasteiger partial charge in [0.25, 0.3) is 0 Å². The summed E-state index contributed by atoms with van der Waals surface area (Å²) < 4.78 is 0. The third-order valence-corrected chi connectivity index (χ3v) is 3.17. The lowest BCUT2D eigenvalue weighted by molar-refractivity contribution is -0.130. The zero-order valence-corrected chi connectivity index (χ0v) is 10.7. The Morgan fingerprint density at radius 3 is 2.32 bits per heavy atom. The van der Waals surface area contributed by atoms with Gasteiger partial charge in [-0.25, -0.2) is 4.79 Å². The molecule has 6 nitrogen and oxygen atoms in total. The number of para-hydroxylation sites is 1. The molecule has 19 heavy (non-hydrogen) atoms. The molecule has 1 saturated heterocycles. The molecular formula is C13H18N4O2. The number of carbonyl (C=O) groups is 2. The lowest BCUT2D eigenvalue weighted by atomic mass is 10.2. The highest BCUT2D eigenvalue weighted by Crippen LogP contribution is 2.15. The number of urea groups is 1. The van der Waals surface area contributed by atoms with Crippen molar-refractivity contribution >= 4 is 17.6 Å². The Hall–Kier alpha value is -2.24. The third kappa shape index (κ3) is 3.61. The smallest absolute Gasteiger partial charge is 0.312 e. The van der Waals surface area contributed by atoms with Crippen LogP contribution in [0.2, 0.25) is 0 Å². The number of hydrogen-bond donors (Lipinski definition) is 2. The first kappa shape index (κ1) is 13.2. The number of piperazine rings is 1. The van der Waals surface area contributed by atoms with E-state index in [1.807, 2.05) is 18.2 Å². The summed E-state index contributed by atoms with van der Waals surface area (Å²) in [5, 5.41) is 2.32. The number of primary amides is 1. The van der Waals surface area contributed by atoms with E-state index in [1.54, 1.807) is 4.90 Å². The zero-order chi connectivity index (χ0) is 13.7. The van der Waals surface area contributed by atoms with Gasteiger partial charge in [-0.1, -0.05) is 18.2 Å². The van der Waals surface area contributed by atoms with Crippen LogP contribution in [0.1, 0.15) is 0 Å². The minimum absolute atomic E-state index is 0.0271. The van der Waals surface area contributed by atoms with Crippen LogP contribution in [0.5, 0.6) is 0 Å². The highest BCUT2D eigenvalue weighted by atomic mass is 16.2. The number of nitrogens with two attached hydrogens (primary N) is 1. The minimum Gasteiger partial charge on any atom is -0.368 e. The van der Waals surface area contributed by atoms with Crippen molar-refractivity contribution < 1.29 is 9.59 Å². The van der Waals surface area contributed by atoms with E-state index in [4.69, 9.17) is 5.73 Å². The molecule has 3 N–H and O–H groups in total. The molecule has 0 unspecified atom stereocenters. The first-order valence-corrected chi connectivity index (χ1v) is 6.28. The number of benzene rings is 1. The van der Waals surface area contributed by atoms with Crippen LogP contribution in [-0.2, 0) is 4.79 Å². The van der Waals surface area contributed by atoms with Gasteiger partial charge in [0.15, 0.2) is 0 Å². The van der Waals surface area contributed by atoms with Gasteiger partial charge in [-0.3, -0.25) is 4.79 Å². The highest BCUT2D eigenvalue weighted by molar-refractivity contribution is 5.83. The Balaban J connectivity index is 1.82. The molecule has 0 spiro atoms. The fourth-order valence-electron chi connectivity index (χ4n) is 2.13. The standard InChI is InChI=1S/C13H18N4O2/c14-13(19)15-10-12(18)17-8-6-16(7-9-17)11-4-2-1-3-5-11/h1-5H,6-10H2,(H3,14,15,19). The minimum atomic E-state index is -0.670. The maximum atomic E-state index is 11.8. The summed E-state index contributed by atoms with van der Waals surface area (Å²) >= 11 is 0. The van der Waals surface area contributed by atoms with Gasteiger partial charge >= 0.3 is 6.03 Å². The number of nitrogens with one attached hydrogen (secondary N) is 1. The van der Waals surface area contributed by atoms with E-state index in [0.717, 1.165) is 13.1 Å². The summed E-state index contributed by atoms with van der Waals surface area (Å²) in [4.78, 5) is 26.3. The molecule has 0 bridgehead atoms. The number of rotatable bonds is 3. The third-order valence-electron chi connectivity index (χ3n) is 3.17. The van der Waals surface area contributed by atoms with Gasteiger partial charge in [0.1, 0.15) is 0 Å². The number of amides is 3. The second kappa shape index (κ2) is 6.08. The molecule has 6 heteroatoms. The second-order valence-corrected chi connectivity index (χ2v) is 4.42. The van der Waals surface area contributed by atoms with Gasteiger partial charge in [-0.2, -0.15) is 0 Å². The van der Waals surface area contributed by atoms with Crippen molar-refractivity contribution in [2.75, 3.05) is 37.6 Å². The molecule has 1 aromatic rings. The summed E-state index contributed by atoms with van der Waals surface area (Å²) in [5.74, 6) is -0.0912. The van der Waals surface area contributed by atoms with Gasteiger partial charge in [-0.05, 0) is 12.1 Å². The largest absolute Gasteiger partial charge is 0.368 e. The maximum absolute atomic E-state index is 11.8. The van der Waals surface area contributed by atoms with E-state index in [0.29, 0.717) is 13.1 Å². The fourth-order valence-corrected chi connectivity index (χ4v) is 2.13. The van der Waals surface area contributed by atoms with Gasteiger partial charge < -0.3 is 20.9 Å². The Morgan fingerprint density at radius 1 is 1.11 bits per heavy atom. The van der Waals surface area contributed by atoms with Crippen LogP contribution in [0.4, 0.5) is 10.5 Å². The molecule has 0 radical (unpaired) electrons. The fraction of sp³-hybridized carbons (Fsp3) is 0.385. The Kier molecular flexibility index (Phi) is 4.22. The topological polar surface area (TPSA) is 78.7 Å². The van der Waals surface area contributed by atoms with Gasteiger partial charge in [-0.15, -0.1) is 0 Å². The van der Waals surface area contributed by atoms with Crippen molar-refractivity contribution in [3.05, 3.63) is 30.3 Å². The number of carbonyl (C=O) groups excluding carboxylic acids is 2. The molecule has 2 rings (SSSR count). The average Bonchev–Trinajstić information content (AvgIpc) is 2.46. The molecular weight excluding hydrogens is 244 g/mol. The first-order chi connectivity index (χ1) is 9.16. The lowest BCUT2D eigenvalue weighted by Crippen LogP contribution is -2.51. The SMILES string of the molecule is NC(=O)NCC(=O)N1CCN(c2ccccc2)CC1. The second-order valence-electron chi connectivity index (χ2n) is 4.42. The van der Waals surface area contributed by atoms with Crippen LogP contribution in [-0.4, -0.2) is 49.6 Å². The van der Waals surface area contributed by atoms with Crippen LogP contribution in [0.3, 0.4) is 0 Å². The number of anilines is 1. The number of hydrogen-bond acceptors (Lipinski definition) is 3. The van der Waals surface area contributed by atoms with Crippen molar-refractivity contribution in [1.82, 2.24) is 10.2 Å². The summed E-state index contributed by atoms with van der Waals surface area (Å²) in [6, 6.07) is 9.45. The van der Waals surface area contributed by atoms with E-state index in [1.165, 1.54) is 5.69 Å². The molecule has 1 aromatic carbocycles. The molecule has 0 aromatic heterocycles. The summed E-state index contributed by atoms with van der Waals surface area (Å²) in [5.41, 5.74) is 6.11. The first-order valence-electron chi connectivity index (χ1n) is 6.28. The Morgan fingerprint density at radius 2 is 1.74 bits per heavy atom. The molecule has 1 aliphatic rings. The molecule has 1 fully saturated rings. The zero-order valence-electron chi connectivity index (χ0n) is 10.7. The molecule has 3 amide bonds. The van der Waals surface area contributed by atoms with Gasteiger partial charge in [0, 0.05) is 31.9 Å². The number of nitrogens with zero attached hydrogens (tertiary/aromatic N) is 2. The van der Waals surface area contributed by atoms with Crippen LogP contribution in [0, 0.1) is 0 Å². The van der Waals surface area contributed by atoms with Crippen molar-refractivity contribution in [2.24, 2.45) is 5.73 Å². The quantitative estimate of drug-likeness (QED) is 0.805. The predicted molar refractivity (Wildman–Crippen MR) is 72.8 cm³/mol. The monoisotopic (exact) mass is 262 g/mol. The predicted octanol–water partition coefficient (Wildman–Crippen LogP) is 0.00350. The van der Waals surface area contributed by atoms with Crippen molar-refractivity contribution in [3.63, 3.8) is 0 Å². The Bertz CT molecular complexity index is 441. The molecule has 0 aliphatic carbocycles. The van der Waals surface area contributed by atoms with Crippen LogP contribution >= 0.6 is 0 Å². The van der Waals surface area contributed by atoms with E-state index in [-0.39, 0.29) is 12.5 Å². The van der Waals surface area contributed by atoms with Gasteiger partial charge in [0.2, 0.25) is 5.91 Å². The molecule has 0 saturated carbocycles. The molecule has 102 valence electrons. The summed E-state index contributed by atoms with van der Waals surface area (Å²) in [6.45, 7) is 2.89. The van der Waals surface area contributed by atoms with E-state index < -0.39 is 6.03 Å². The van der Waals surface area contributed by atoms with Crippen molar-refractivity contribution in [1.29, 1.82) is 0 Å². The summed E-state index contributed by atoms with van der Waals surface area (Å²) in [6.07, 6.45) is 0. The summed E-state index contributed by atoms with van der Waals surface area (Å²) in [7, 11) is 0. The van der Waals surface area contributed by atoms with Crippen LogP contribution in [0.15, 0.2) is 30.3 Å². The lowest BCUT2D eigenvalue weighted by Gasteiger charge is -2.36. The van der Waals surface area contributed by atoms with Crippen LogP contribution in [0.25, 0.3) is 0 Å². The average molecular weight is 262 g/mol. The van der Waals surface area contributed by atoms with E-state index in [2.05, 4.69) is 22.3 Å². The van der Waals surface area contributed by atoms with Crippen molar-refractivity contribution in [3.8, 4) is 0 Å². The van der Waals surface area contributed by atoms with Gasteiger partial charge in [0.05, 0.1) is 6.54 Å². The Labute approximate surface area is 112 Å². The van der Waals surface area contributed by atoms with E-state index in [9.17, 15) is 9.59 Å². The maximum Gasteiger partial charge on any atom is 0.312 e.